The lowest BCUT2D eigenvalue weighted by molar-refractivity contribution is -0.125. The second-order valence-corrected chi connectivity index (χ2v) is 6.99. The predicted octanol–water partition coefficient (Wildman–Crippen LogP) is 3.52. The van der Waals surface area contributed by atoms with Crippen LogP contribution in [0.15, 0.2) is 16.9 Å². The Balaban J connectivity index is 3.11. The van der Waals surface area contributed by atoms with Crippen LogP contribution < -0.4 is 9.80 Å². The third-order valence-electron chi connectivity index (χ3n) is 3.30. The zero-order valence-corrected chi connectivity index (χ0v) is 13.4. The molecule has 0 aliphatic heterocycles. The van der Waals surface area contributed by atoms with Crippen molar-refractivity contribution >= 4 is 17.3 Å². The zero-order valence-electron chi connectivity index (χ0n) is 13.4. The molecule has 0 aliphatic rings. The standard InChI is InChI=1S/C15H26N2O2/c1-14(2,3)13(18)16(7)11-9-19-10-12(11)17(8)15(4,5)6/h9-10H,1-8H3. The van der Waals surface area contributed by atoms with Crippen LogP contribution in [0.2, 0.25) is 0 Å². The van der Waals surface area contributed by atoms with E-state index in [1.807, 2.05) is 27.8 Å². The molecule has 0 unspecified atom stereocenters. The van der Waals surface area contributed by atoms with Gasteiger partial charge in [0.1, 0.15) is 18.2 Å². The molecule has 0 fully saturated rings. The molecule has 0 radical (unpaired) electrons. The molecule has 0 saturated heterocycles. The Morgan fingerprint density at radius 2 is 1.47 bits per heavy atom. The van der Waals surface area contributed by atoms with Gasteiger partial charge in [0.25, 0.3) is 0 Å². The number of carbonyl (C=O) groups excluding carboxylic acids is 1. The minimum absolute atomic E-state index is 0.0375. The van der Waals surface area contributed by atoms with Crippen LogP contribution in [0.3, 0.4) is 0 Å². The summed E-state index contributed by atoms with van der Waals surface area (Å²) in [5.74, 6) is 0.0671. The Bertz CT molecular complexity index is 449. The number of carbonyl (C=O) groups is 1. The highest BCUT2D eigenvalue weighted by atomic mass is 16.3. The molecule has 0 aromatic carbocycles. The molecule has 1 rings (SSSR count). The normalized spacial score (nSPS) is 12.4. The third kappa shape index (κ3) is 3.31. The second kappa shape index (κ2) is 4.91. The van der Waals surface area contributed by atoms with Gasteiger partial charge in [-0.3, -0.25) is 4.79 Å². The number of nitrogens with zero attached hydrogens (tertiary/aromatic N) is 2. The molecule has 0 bridgehead atoms. The zero-order chi connectivity index (χ0) is 15.0. The van der Waals surface area contributed by atoms with Crippen molar-refractivity contribution in [2.75, 3.05) is 23.9 Å². The van der Waals surface area contributed by atoms with Gasteiger partial charge in [-0.1, -0.05) is 20.8 Å². The Labute approximate surface area is 116 Å². The Hall–Kier alpha value is -1.45. The summed E-state index contributed by atoms with van der Waals surface area (Å²) in [6.45, 7) is 12.1. The van der Waals surface area contributed by atoms with E-state index >= 15 is 0 Å². The highest BCUT2D eigenvalue weighted by Crippen LogP contribution is 2.34. The summed E-state index contributed by atoms with van der Waals surface area (Å²) in [4.78, 5) is 16.1. The summed E-state index contributed by atoms with van der Waals surface area (Å²) in [5.41, 5.74) is 1.28. The molecule has 0 spiro atoms. The lowest BCUT2D eigenvalue weighted by Crippen LogP contribution is -2.40. The molecule has 1 heterocycles. The smallest absolute Gasteiger partial charge is 0.232 e. The van der Waals surface area contributed by atoms with Gasteiger partial charge in [0.15, 0.2) is 0 Å². The first kappa shape index (κ1) is 15.6. The van der Waals surface area contributed by atoms with Crippen LogP contribution in [0.25, 0.3) is 0 Å². The number of rotatable bonds is 2. The van der Waals surface area contributed by atoms with Crippen LogP contribution in [0.1, 0.15) is 41.5 Å². The minimum Gasteiger partial charge on any atom is -0.468 e. The molecule has 0 saturated carbocycles. The van der Waals surface area contributed by atoms with Crippen molar-refractivity contribution in [3.63, 3.8) is 0 Å². The maximum absolute atomic E-state index is 12.4. The van der Waals surface area contributed by atoms with E-state index < -0.39 is 5.41 Å². The fourth-order valence-electron chi connectivity index (χ4n) is 1.76. The number of amides is 1. The largest absolute Gasteiger partial charge is 0.468 e. The van der Waals surface area contributed by atoms with Crippen molar-refractivity contribution in [2.45, 2.75) is 47.1 Å². The van der Waals surface area contributed by atoms with E-state index in [1.54, 1.807) is 24.5 Å². The van der Waals surface area contributed by atoms with Crippen LogP contribution in [0, 0.1) is 5.41 Å². The van der Waals surface area contributed by atoms with Gasteiger partial charge in [-0.15, -0.1) is 0 Å². The third-order valence-corrected chi connectivity index (χ3v) is 3.30. The molecule has 0 aliphatic carbocycles. The number of hydrogen-bond acceptors (Lipinski definition) is 3. The van der Waals surface area contributed by atoms with E-state index in [2.05, 4.69) is 25.7 Å². The summed E-state index contributed by atoms with van der Waals surface area (Å²) in [5, 5.41) is 0. The van der Waals surface area contributed by atoms with Gasteiger partial charge in [-0.25, -0.2) is 0 Å². The molecular weight excluding hydrogens is 240 g/mol. The average molecular weight is 266 g/mol. The minimum atomic E-state index is -0.413. The summed E-state index contributed by atoms with van der Waals surface area (Å²) in [7, 11) is 3.79. The first-order chi connectivity index (χ1) is 8.46. The first-order valence-electron chi connectivity index (χ1n) is 6.54. The predicted molar refractivity (Wildman–Crippen MR) is 79.7 cm³/mol. The first-order valence-corrected chi connectivity index (χ1v) is 6.54. The molecule has 108 valence electrons. The van der Waals surface area contributed by atoms with Gasteiger partial charge in [-0.2, -0.15) is 0 Å². The van der Waals surface area contributed by atoms with Crippen molar-refractivity contribution in [2.24, 2.45) is 5.41 Å². The van der Waals surface area contributed by atoms with Crippen molar-refractivity contribution in [3.8, 4) is 0 Å². The fourth-order valence-corrected chi connectivity index (χ4v) is 1.76. The number of anilines is 2. The summed E-state index contributed by atoms with van der Waals surface area (Å²) in [6.07, 6.45) is 3.31. The van der Waals surface area contributed by atoms with E-state index in [9.17, 15) is 4.79 Å². The van der Waals surface area contributed by atoms with E-state index in [0.29, 0.717) is 0 Å². The van der Waals surface area contributed by atoms with Crippen molar-refractivity contribution in [1.82, 2.24) is 0 Å². The Morgan fingerprint density at radius 3 is 1.89 bits per heavy atom. The monoisotopic (exact) mass is 266 g/mol. The molecule has 19 heavy (non-hydrogen) atoms. The molecule has 0 N–H and O–H groups in total. The Morgan fingerprint density at radius 1 is 1.00 bits per heavy atom. The van der Waals surface area contributed by atoms with Crippen LogP contribution >= 0.6 is 0 Å². The second-order valence-electron chi connectivity index (χ2n) is 6.99. The summed E-state index contributed by atoms with van der Waals surface area (Å²) in [6, 6.07) is 0. The molecule has 1 aromatic heterocycles. The molecule has 4 nitrogen and oxygen atoms in total. The van der Waals surface area contributed by atoms with Gasteiger partial charge in [0, 0.05) is 25.0 Å². The van der Waals surface area contributed by atoms with E-state index in [-0.39, 0.29) is 11.4 Å². The molecule has 1 aromatic rings. The van der Waals surface area contributed by atoms with Crippen LogP contribution in [0.4, 0.5) is 11.4 Å². The van der Waals surface area contributed by atoms with Crippen LogP contribution in [-0.2, 0) is 4.79 Å². The quantitative estimate of drug-likeness (QED) is 0.821. The van der Waals surface area contributed by atoms with Crippen LogP contribution in [0.5, 0.6) is 0 Å². The fraction of sp³-hybridized carbons (Fsp3) is 0.667. The van der Waals surface area contributed by atoms with Gasteiger partial charge in [-0.05, 0) is 20.8 Å². The lowest BCUT2D eigenvalue weighted by Gasteiger charge is -2.35. The van der Waals surface area contributed by atoms with Crippen molar-refractivity contribution in [1.29, 1.82) is 0 Å². The maximum Gasteiger partial charge on any atom is 0.232 e. The van der Waals surface area contributed by atoms with E-state index in [1.165, 1.54) is 0 Å². The number of furan rings is 1. The van der Waals surface area contributed by atoms with Gasteiger partial charge in [0.05, 0.1) is 5.69 Å². The van der Waals surface area contributed by atoms with Gasteiger partial charge in [0.2, 0.25) is 5.91 Å². The van der Waals surface area contributed by atoms with Gasteiger partial charge < -0.3 is 14.2 Å². The van der Waals surface area contributed by atoms with Crippen molar-refractivity contribution < 1.29 is 9.21 Å². The number of hydrogen-bond donors (Lipinski definition) is 0. The van der Waals surface area contributed by atoms with Gasteiger partial charge >= 0.3 is 0 Å². The highest BCUT2D eigenvalue weighted by Gasteiger charge is 2.30. The topological polar surface area (TPSA) is 36.7 Å². The van der Waals surface area contributed by atoms with E-state index in [0.717, 1.165) is 11.4 Å². The molecule has 0 atom stereocenters. The Kier molecular flexibility index (Phi) is 4.03. The van der Waals surface area contributed by atoms with E-state index in [4.69, 9.17) is 4.42 Å². The summed E-state index contributed by atoms with van der Waals surface area (Å²) < 4.78 is 5.31. The molecular formula is C15H26N2O2. The van der Waals surface area contributed by atoms with Crippen LogP contribution in [-0.4, -0.2) is 25.5 Å². The highest BCUT2D eigenvalue weighted by molar-refractivity contribution is 5.99. The average Bonchev–Trinajstić information content (AvgIpc) is 2.71. The summed E-state index contributed by atoms with van der Waals surface area (Å²) >= 11 is 0. The molecule has 1 amide bonds. The maximum atomic E-state index is 12.4. The molecule has 4 heteroatoms. The lowest BCUT2D eigenvalue weighted by atomic mass is 9.94. The SMILES string of the molecule is CN(C(=O)C(C)(C)C)c1cocc1N(C)C(C)(C)C. The van der Waals surface area contributed by atoms with Crippen molar-refractivity contribution in [3.05, 3.63) is 12.5 Å².